The van der Waals surface area contributed by atoms with E-state index >= 15 is 0 Å². The van der Waals surface area contributed by atoms with Crippen molar-refractivity contribution in [3.8, 4) is 0 Å². The van der Waals surface area contributed by atoms with Crippen LogP contribution in [0.25, 0.3) is 0 Å². The van der Waals surface area contributed by atoms with Crippen LogP contribution in [-0.2, 0) is 18.3 Å². The monoisotopic (exact) mass is 300 g/mol. The molecule has 0 radical (unpaired) electrons. The highest BCUT2D eigenvalue weighted by Gasteiger charge is 2.36. The van der Waals surface area contributed by atoms with Gasteiger partial charge < -0.3 is 10.4 Å². The number of aliphatic hydroxyl groups excluding tert-OH is 1. The summed E-state index contributed by atoms with van der Waals surface area (Å²) in [6.07, 6.45) is 8.57. The number of carbonyl (C=O) groups excluding carboxylic acids is 1. The lowest BCUT2D eigenvalue weighted by atomic mass is 9.75. The maximum Gasteiger partial charge on any atom is 0.224 e. The van der Waals surface area contributed by atoms with Crippen LogP contribution in [0, 0.1) is 5.92 Å². The molecule has 3 rings (SSSR count). The van der Waals surface area contributed by atoms with Gasteiger partial charge in [-0.2, -0.15) is 5.10 Å². The van der Waals surface area contributed by atoms with Crippen molar-refractivity contribution >= 4 is 5.91 Å². The lowest BCUT2D eigenvalue weighted by Gasteiger charge is -2.37. The number of rotatable bonds is 5. The van der Waals surface area contributed by atoms with E-state index in [4.69, 9.17) is 0 Å². The van der Waals surface area contributed by atoms with Gasteiger partial charge in [-0.05, 0) is 30.4 Å². The molecule has 1 unspecified atom stereocenters. The van der Waals surface area contributed by atoms with E-state index in [0.717, 1.165) is 11.1 Å². The Morgan fingerprint density at radius 2 is 2.32 bits per heavy atom. The largest absolute Gasteiger partial charge is 0.393 e. The fourth-order valence-corrected chi connectivity index (χ4v) is 2.89. The van der Waals surface area contributed by atoms with Gasteiger partial charge in [0.05, 0.1) is 24.8 Å². The van der Waals surface area contributed by atoms with Gasteiger partial charge in [0.15, 0.2) is 0 Å². The first kappa shape index (κ1) is 14.7. The van der Waals surface area contributed by atoms with Crippen LogP contribution in [0.1, 0.15) is 30.0 Å². The van der Waals surface area contributed by atoms with Crippen LogP contribution in [0.5, 0.6) is 0 Å². The Balaban J connectivity index is 1.68. The standard InChI is InChI=1S/C16H20N4O2/c1-20-10-13(9-18-20)16(12-6-14(21)7-12)19-15(22)5-11-3-2-4-17-8-11/h2-4,8-10,12,14,16,21H,5-7H2,1H3,(H,19,22). The van der Waals surface area contributed by atoms with Gasteiger partial charge in [0.2, 0.25) is 5.91 Å². The zero-order valence-corrected chi connectivity index (χ0v) is 12.5. The summed E-state index contributed by atoms with van der Waals surface area (Å²) in [6.45, 7) is 0. The molecule has 0 aromatic carbocycles. The molecule has 1 saturated carbocycles. The average Bonchev–Trinajstić information content (AvgIpc) is 2.89. The predicted molar refractivity (Wildman–Crippen MR) is 80.8 cm³/mol. The van der Waals surface area contributed by atoms with Crippen LogP contribution >= 0.6 is 0 Å². The third-order valence-electron chi connectivity index (χ3n) is 4.11. The number of nitrogens with one attached hydrogen (secondary N) is 1. The zero-order chi connectivity index (χ0) is 15.5. The van der Waals surface area contributed by atoms with Crippen molar-refractivity contribution < 1.29 is 9.90 Å². The van der Waals surface area contributed by atoms with Gasteiger partial charge in [-0.3, -0.25) is 14.5 Å². The number of nitrogens with zero attached hydrogens (tertiary/aromatic N) is 3. The van der Waals surface area contributed by atoms with E-state index in [1.807, 2.05) is 25.4 Å². The van der Waals surface area contributed by atoms with Crippen molar-refractivity contribution in [3.63, 3.8) is 0 Å². The SMILES string of the molecule is Cn1cc(C(NC(=O)Cc2cccnc2)C2CC(O)C2)cn1. The van der Waals surface area contributed by atoms with Gasteiger partial charge in [0.1, 0.15) is 0 Å². The molecule has 2 aromatic heterocycles. The smallest absolute Gasteiger partial charge is 0.224 e. The summed E-state index contributed by atoms with van der Waals surface area (Å²) in [7, 11) is 1.85. The number of hydrogen-bond acceptors (Lipinski definition) is 4. The summed E-state index contributed by atoms with van der Waals surface area (Å²) in [5.41, 5.74) is 1.87. The first-order chi connectivity index (χ1) is 10.6. The fraction of sp³-hybridized carbons (Fsp3) is 0.438. The lowest BCUT2D eigenvalue weighted by Crippen LogP contribution is -2.41. The molecule has 6 heteroatoms. The zero-order valence-electron chi connectivity index (χ0n) is 12.5. The minimum absolute atomic E-state index is 0.0387. The molecule has 22 heavy (non-hydrogen) atoms. The van der Waals surface area contributed by atoms with Crippen LogP contribution in [0.3, 0.4) is 0 Å². The topological polar surface area (TPSA) is 80.0 Å². The Bertz CT molecular complexity index is 635. The number of aryl methyl sites for hydroxylation is 1. The highest BCUT2D eigenvalue weighted by molar-refractivity contribution is 5.79. The number of hydrogen-bond donors (Lipinski definition) is 2. The molecular formula is C16H20N4O2. The third kappa shape index (κ3) is 3.33. The molecule has 6 nitrogen and oxygen atoms in total. The Morgan fingerprint density at radius 1 is 1.50 bits per heavy atom. The first-order valence-electron chi connectivity index (χ1n) is 7.46. The van der Waals surface area contributed by atoms with Gasteiger partial charge >= 0.3 is 0 Å². The molecule has 2 N–H and O–H groups in total. The van der Waals surface area contributed by atoms with Gasteiger partial charge in [-0.1, -0.05) is 6.07 Å². The van der Waals surface area contributed by atoms with E-state index in [2.05, 4.69) is 15.4 Å². The molecule has 2 heterocycles. The van der Waals surface area contributed by atoms with E-state index in [9.17, 15) is 9.90 Å². The van der Waals surface area contributed by atoms with Crippen LogP contribution < -0.4 is 5.32 Å². The quantitative estimate of drug-likeness (QED) is 0.863. The first-order valence-corrected chi connectivity index (χ1v) is 7.46. The summed E-state index contributed by atoms with van der Waals surface area (Å²) in [6, 6.07) is 3.61. The molecule has 0 aliphatic heterocycles. The summed E-state index contributed by atoms with van der Waals surface area (Å²) in [5, 5.41) is 16.8. The normalized spacial score (nSPS) is 21.9. The second-order valence-corrected chi connectivity index (χ2v) is 5.92. The summed E-state index contributed by atoms with van der Waals surface area (Å²) in [4.78, 5) is 16.3. The third-order valence-corrected chi connectivity index (χ3v) is 4.11. The molecule has 1 atom stereocenters. The molecule has 1 aliphatic carbocycles. The lowest BCUT2D eigenvalue weighted by molar-refractivity contribution is -0.122. The van der Waals surface area contributed by atoms with Crippen LogP contribution in [-0.4, -0.2) is 31.9 Å². The molecule has 1 aliphatic rings. The Morgan fingerprint density at radius 3 is 2.91 bits per heavy atom. The number of amides is 1. The molecule has 2 aromatic rings. The van der Waals surface area contributed by atoms with Crippen LogP contribution in [0.15, 0.2) is 36.9 Å². The average molecular weight is 300 g/mol. The van der Waals surface area contributed by atoms with Crippen molar-refractivity contribution in [2.45, 2.75) is 31.4 Å². The number of pyridine rings is 1. The summed E-state index contributed by atoms with van der Waals surface area (Å²) >= 11 is 0. The number of aliphatic hydroxyl groups is 1. The highest BCUT2D eigenvalue weighted by atomic mass is 16.3. The van der Waals surface area contributed by atoms with Crippen molar-refractivity contribution in [1.82, 2.24) is 20.1 Å². The van der Waals surface area contributed by atoms with E-state index in [0.29, 0.717) is 19.3 Å². The molecule has 1 fully saturated rings. The molecule has 1 amide bonds. The molecule has 0 bridgehead atoms. The summed E-state index contributed by atoms with van der Waals surface area (Å²) in [5.74, 6) is 0.222. The van der Waals surface area contributed by atoms with Crippen LogP contribution in [0.2, 0.25) is 0 Å². The summed E-state index contributed by atoms with van der Waals surface area (Å²) < 4.78 is 1.73. The Labute approximate surface area is 129 Å². The van der Waals surface area contributed by atoms with Gasteiger partial charge in [-0.15, -0.1) is 0 Å². The second kappa shape index (κ2) is 6.27. The Kier molecular flexibility index (Phi) is 4.20. The van der Waals surface area contributed by atoms with E-state index in [1.165, 1.54) is 0 Å². The number of carbonyl (C=O) groups is 1. The van der Waals surface area contributed by atoms with Gasteiger partial charge in [-0.25, -0.2) is 0 Å². The van der Waals surface area contributed by atoms with Gasteiger partial charge in [0, 0.05) is 31.2 Å². The van der Waals surface area contributed by atoms with Crippen molar-refractivity contribution in [2.24, 2.45) is 13.0 Å². The van der Waals surface area contributed by atoms with E-state index in [1.54, 1.807) is 23.3 Å². The predicted octanol–water partition coefficient (Wildman–Crippen LogP) is 0.986. The molecule has 116 valence electrons. The van der Waals surface area contributed by atoms with Crippen molar-refractivity contribution in [1.29, 1.82) is 0 Å². The van der Waals surface area contributed by atoms with Gasteiger partial charge in [0.25, 0.3) is 0 Å². The van der Waals surface area contributed by atoms with E-state index in [-0.39, 0.29) is 24.0 Å². The maximum absolute atomic E-state index is 12.3. The highest BCUT2D eigenvalue weighted by Crippen LogP contribution is 2.37. The minimum atomic E-state index is -0.251. The maximum atomic E-state index is 12.3. The fourth-order valence-electron chi connectivity index (χ4n) is 2.89. The minimum Gasteiger partial charge on any atom is -0.393 e. The van der Waals surface area contributed by atoms with Crippen molar-refractivity contribution in [3.05, 3.63) is 48.0 Å². The van der Waals surface area contributed by atoms with Crippen molar-refractivity contribution in [2.75, 3.05) is 0 Å². The molecule has 0 saturated heterocycles. The number of aromatic nitrogens is 3. The second-order valence-electron chi connectivity index (χ2n) is 5.92. The van der Waals surface area contributed by atoms with Crippen LogP contribution in [0.4, 0.5) is 0 Å². The van der Waals surface area contributed by atoms with E-state index < -0.39 is 0 Å². The Hall–Kier alpha value is -2.21. The molecule has 0 spiro atoms. The molecular weight excluding hydrogens is 280 g/mol.